The van der Waals surface area contributed by atoms with Gasteiger partial charge < -0.3 is 0 Å². The fraction of sp³-hybridized carbons (Fsp3) is 0.706. The van der Waals surface area contributed by atoms with E-state index < -0.39 is 0 Å². The molecule has 0 aliphatic heterocycles. The van der Waals surface area contributed by atoms with Crippen molar-refractivity contribution in [1.82, 2.24) is 0 Å². The van der Waals surface area contributed by atoms with Gasteiger partial charge in [-0.15, -0.1) is 0 Å². The van der Waals surface area contributed by atoms with Crippen LogP contribution in [0.2, 0.25) is 0 Å². The number of ketones is 1. The molecule has 1 aliphatic rings. The Morgan fingerprint density at radius 2 is 0.833 bits per heavy atom. The van der Waals surface area contributed by atoms with Crippen molar-refractivity contribution < 1.29 is 4.79 Å². The number of allylic oxidation sites excluding steroid dienone is 4. The quantitative estimate of drug-likeness (QED) is 0.565. The van der Waals surface area contributed by atoms with E-state index in [0.29, 0.717) is 5.78 Å². The first-order valence-electron chi connectivity index (χ1n) is 7.70. The topological polar surface area (TPSA) is 17.1 Å². The van der Waals surface area contributed by atoms with Crippen LogP contribution in [0.4, 0.5) is 0 Å². The molecule has 0 fully saturated rings. The zero-order valence-electron chi connectivity index (χ0n) is 12.6. The monoisotopic (exact) mass is 248 g/mol. The van der Waals surface area contributed by atoms with Crippen LogP contribution < -0.4 is 0 Å². The van der Waals surface area contributed by atoms with E-state index in [4.69, 9.17) is 0 Å². The van der Waals surface area contributed by atoms with Crippen LogP contribution >= 0.6 is 0 Å². The van der Waals surface area contributed by atoms with Gasteiger partial charge in [0.2, 0.25) is 0 Å². The number of hydrogen-bond acceptors (Lipinski definition) is 1. The number of carbonyl (C=O) groups excluding carboxylic acids is 1. The lowest BCUT2D eigenvalue weighted by Crippen LogP contribution is -2.02. The first-order valence-corrected chi connectivity index (χ1v) is 7.70. The lowest BCUT2D eigenvalue weighted by molar-refractivity contribution is -0.112. The molecule has 102 valence electrons. The van der Waals surface area contributed by atoms with Gasteiger partial charge in [-0.25, -0.2) is 0 Å². The lowest BCUT2D eigenvalue weighted by atomic mass is 9.95. The third-order valence-corrected chi connectivity index (χ3v) is 3.64. The van der Waals surface area contributed by atoms with Crippen molar-refractivity contribution in [2.45, 2.75) is 79.1 Å². The Morgan fingerprint density at radius 3 is 1.11 bits per heavy atom. The molecule has 1 rings (SSSR count). The van der Waals surface area contributed by atoms with Crippen molar-refractivity contribution in [1.29, 1.82) is 0 Å². The Bertz CT molecular complexity index is 324. The Hall–Kier alpha value is -0.850. The molecule has 0 spiro atoms. The van der Waals surface area contributed by atoms with E-state index in [2.05, 4.69) is 27.7 Å². The maximum absolute atomic E-state index is 12.5. The maximum Gasteiger partial charge on any atom is 0.185 e. The fourth-order valence-corrected chi connectivity index (χ4v) is 2.95. The molecule has 0 saturated carbocycles. The molecule has 0 N–H and O–H groups in total. The fourth-order valence-electron chi connectivity index (χ4n) is 2.95. The normalized spacial score (nSPS) is 16.1. The zero-order chi connectivity index (χ0) is 13.5. The van der Waals surface area contributed by atoms with Crippen molar-refractivity contribution in [2.24, 2.45) is 0 Å². The maximum atomic E-state index is 12.5. The number of carbonyl (C=O) groups is 1. The predicted octanol–water partition coefficient (Wildman–Crippen LogP) is 5.36. The minimum Gasteiger partial charge on any atom is -0.289 e. The van der Waals surface area contributed by atoms with Crippen molar-refractivity contribution in [2.75, 3.05) is 0 Å². The standard InChI is InChI=1S/C17H28O/c1-5-9-13-14(10-6-2)16(12-8-4)17(18)15(13)11-7-3/h5-12H2,1-4H3. The summed E-state index contributed by atoms with van der Waals surface area (Å²) in [6.07, 6.45) is 8.54. The summed E-state index contributed by atoms with van der Waals surface area (Å²) in [6, 6.07) is 0. The first-order chi connectivity index (χ1) is 8.71. The van der Waals surface area contributed by atoms with Crippen molar-refractivity contribution in [3.8, 4) is 0 Å². The average Bonchev–Trinajstić information content (AvgIpc) is 2.58. The Kier molecular flexibility index (Phi) is 6.38. The third-order valence-electron chi connectivity index (χ3n) is 3.64. The van der Waals surface area contributed by atoms with Crippen LogP contribution in [0.5, 0.6) is 0 Å². The highest BCUT2D eigenvalue weighted by molar-refractivity contribution is 6.13. The van der Waals surface area contributed by atoms with Gasteiger partial charge in [-0.3, -0.25) is 4.79 Å². The predicted molar refractivity (Wildman–Crippen MR) is 78.7 cm³/mol. The molecule has 0 amide bonds. The summed E-state index contributed by atoms with van der Waals surface area (Å²) in [4.78, 5) is 12.5. The largest absolute Gasteiger partial charge is 0.289 e. The molecule has 0 unspecified atom stereocenters. The van der Waals surface area contributed by atoms with E-state index in [1.165, 1.54) is 11.1 Å². The smallest absolute Gasteiger partial charge is 0.185 e. The molecule has 0 saturated heterocycles. The van der Waals surface area contributed by atoms with E-state index in [1.807, 2.05) is 0 Å². The average molecular weight is 248 g/mol. The lowest BCUT2D eigenvalue weighted by Gasteiger charge is -2.10. The van der Waals surface area contributed by atoms with Crippen LogP contribution in [0.25, 0.3) is 0 Å². The van der Waals surface area contributed by atoms with E-state index in [-0.39, 0.29) is 0 Å². The minimum absolute atomic E-state index is 0.380. The van der Waals surface area contributed by atoms with E-state index in [0.717, 1.165) is 62.5 Å². The molecule has 0 atom stereocenters. The van der Waals surface area contributed by atoms with Crippen molar-refractivity contribution >= 4 is 5.78 Å². The molecule has 1 nitrogen and oxygen atoms in total. The highest BCUT2D eigenvalue weighted by Crippen LogP contribution is 2.38. The Morgan fingerprint density at radius 1 is 0.556 bits per heavy atom. The summed E-state index contributed by atoms with van der Waals surface area (Å²) in [5, 5.41) is 0. The molecule has 0 aromatic heterocycles. The molecule has 0 heterocycles. The van der Waals surface area contributed by atoms with Gasteiger partial charge >= 0.3 is 0 Å². The molecule has 1 heteroatoms. The summed E-state index contributed by atoms with van der Waals surface area (Å²) in [5.41, 5.74) is 5.11. The summed E-state index contributed by atoms with van der Waals surface area (Å²) >= 11 is 0. The van der Waals surface area contributed by atoms with Gasteiger partial charge in [0.05, 0.1) is 0 Å². The summed E-state index contributed by atoms with van der Waals surface area (Å²) in [6.45, 7) is 8.76. The molecular formula is C17H28O. The second-order valence-electron chi connectivity index (χ2n) is 5.24. The van der Waals surface area contributed by atoms with Crippen LogP contribution in [0.1, 0.15) is 79.1 Å². The van der Waals surface area contributed by atoms with Crippen LogP contribution in [0.15, 0.2) is 22.3 Å². The summed E-state index contributed by atoms with van der Waals surface area (Å²) in [5.74, 6) is 0.380. The van der Waals surface area contributed by atoms with Gasteiger partial charge in [0.25, 0.3) is 0 Å². The van der Waals surface area contributed by atoms with Crippen LogP contribution in [-0.4, -0.2) is 5.78 Å². The molecule has 18 heavy (non-hydrogen) atoms. The van der Waals surface area contributed by atoms with Gasteiger partial charge in [0.15, 0.2) is 5.78 Å². The van der Waals surface area contributed by atoms with Crippen LogP contribution in [0, 0.1) is 0 Å². The second-order valence-corrected chi connectivity index (χ2v) is 5.24. The minimum atomic E-state index is 0.380. The second kappa shape index (κ2) is 7.56. The number of rotatable bonds is 8. The highest BCUT2D eigenvalue weighted by atomic mass is 16.1. The zero-order valence-corrected chi connectivity index (χ0v) is 12.6. The van der Waals surface area contributed by atoms with Crippen LogP contribution in [0.3, 0.4) is 0 Å². The highest BCUT2D eigenvalue weighted by Gasteiger charge is 2.29. The molecule has 0 bridgehead atoms. The number of hydrogen-bond donors (Lipinski definition) is 0. The SMILES string of the molecule is CCCC1=C(CCC)C(CCC)=C(CCC)C1=O. The number of Topliss-reactive ketones (excluding diaryl/α,β-unsaturated/α-hetero) is 1. The van der Waals surface area contributed by atoms with Crippen LogP contribution in [-0.2, 0) is 4.79 Å². The first kappa shape index (κ1) is 15.2. The van der Waals surface area contributed by atoms with Gasteiger partial charge in [0, 0.05) is 11.1 Å². The van der Waals surface area contributed by atoms with E-state index in [9.17, 15) is 4.79 Å². The molecule has 0 aromatic carbocycles. The van der Waals surface area contributed by atoms with E-state index in [1.54, 1.807) is 0 Å². The summed E-state index contributed by atoms with van der Waals surface area (Å²) < 4.78 is 0. The third kappa shape index (κ3) is 3.13. The van der Waals surface area contributed by atoms with Crippen molar-refractivity contribution in [3.63, 3.8) is 0 Å². The molecule has 0 aromatic rings. The van der Waals surface area contributed by atoms with Gasteiger partial charge in [-0.1, -0.05) is 53.4 Å². The molecule has 1 aliphatic carbocycles. The Balaban J connectivity index is 3.13. The summed E-state index contributed by atoms with van der Waals surface area (Å²) in [7, 11) is 0. The van der Waals surface area contributed by atoms with Gasteiger partial charge in [0.1, 0.15) is 0 Å². The Labute approximate surface area is 112 Å². The molecular weight excluding hydrogens is 220 g/mol. The van der Waals surface area contributed by atoms with Gasteiger partial charge in [-0.2, -0.15) is 0 Å². The van der Waals surface area contributed by atoms with Crippen molar-refractivity contribution in [3.05, 3.63) is 22.3 Å². The van der Waals surface area contributed by atoms with E-state index >= 15 is 0 Å². The van der Waals surface area contributed by atoms with Gasteiger partial charge in [-0.05, 0) is 36.8 Å². The molecule has 0 radical (unpaired) electrons.